The summed E-state index contributed by atoms with van der Waals surface area (Å²) in [6, 6.07) is 8.81. The van der Waals surface area contributed by atoms with Crippen molar-refractivity contribution in [3.63, 3.8) is 0 Å². The molecule has 0 bridgehead atoms. The number of H-pyrrole nitrogens is 1. The van der Waals surface area contributed by atoms with Gasteiger partial charge in [0.25, 0.3) is 5.91 Å². The summed E-state index contributed by atoms with van der Waals surface area (Å²) < 4.78 is 0. The molecular formula is C13H11N3O5. The summed E-state index contributed by atoms with van der Waals surface area (Å²) in [5.74, 6) is -1.73. The molecule has 108 valence electrons. The van der Waals surface area contributed by atoms with Gasteiger partial charge in [-0.05, 0) is 28.7 Å². The first-order valence-electron chi connectivity index (χ1n) is 5.91. The van der Waals surface area contributed by atoms with Crippen LogP contribution < -0.4 is 5.32 Å². The largest absolute Gasteiger partial charge is 0.481 e. The smallest absolute Gasteiger partial charge is 0.321 e. The third-order valence-corrected chi connectivity index (χ3v) is 2.68. The number of nitro groups is 1. The molecule has 0 aliphatic rings. The minimum absolute atomic E-state index is 0.0660. The van der Waals surface area contributed by atoms with Gasteiger partial charge in [0.05, 0.1) is 6.42 Å². The molecule has 21 heavy (non-hydrogen) atoms. The van der Waals surface area contributed by atoms with Gasteiger partial charge in [0, 0.05) is 11.8 Å². The third kappa shape index (κ3) is 3.66. The molecular weight excluding hydrogens is 278 g/mol. The number of carboxylic acid groups (broad SMARTS) is 1. The number of hydrogen-bond acceptors (Lipinski definition) is 4. The number of aromatic amines is 1. The fourth-order valence-corrected chi connectivity index (χ4v) is 1.70. The summed E-state index contributed by atoms with van der Waals surface area (Å²) in [5, 5.41) is 21.7. The lowest BCUT2D eigenvalue weighted by atomic mass is 10.1. The Balaban J connectivity index is 2.04. The van der Waals surface area contributed by atoms with Gasteiger partial charge in [-0.3, -0.25) is 9.59 Å². The quantitative estimate of drug-likeness (QED) is 0.571. The summed E-state index contributed by atoms with van der Waals surface area (Å²) in [6.07, 6.45) is -0.100. The molecule has 1 amide bonds. The van der Waals surface area contributed by atoms with Crippen molar-refractivity contribution in [2.75, 3.05) is 5.32 Å². The predicted molar refractivity (Wildman–Crippen MR) is 73.2 cm³/mol. The molecule has 0 aliphatic carbocycles. The Morgan fingerprint density at radius 2 is 1.86 bits per heavy atom. The van der Waals surface area contributed by atoms with E-state index in [0.717, 1.165) is 0 Å². The maximum absolute atomic E-state index is 11.9. The number of rotatable bonds is 5. The van der Waals surface area contributed by atoms with Crippen LogP contribution in [0.15, 0.2) is 36.4 Å². The standard InChI is InChI=1S/C13H11N3O5/c17-12(18)7-8-1-3-9(4-2-8)14-13(19)10-5-6-11(15-10)16(20)21/h1-6,15H,7H2,(H,14,19)(H,17,18). The van der Waals surface area contributed by atoms with Gasteiger partial charge in [0.2, 0.25) is 0 Å². The van der Waals surface area contributed by atoms with E-state index >= 15 is 0 Å². The molecule has 2 aromatic rings. The van der Waals surface area contributed by atoms with E-state index in [1.165, 1.54) is 12.1 Å². The zero-order chi connectivity index (χ0) is 15.4. The van der Waals surface area contributed by atoms with Gasteiger partial charge in [-0.25, -0.2) is 4.98 Å². The molecule has 8 heteroatoms. The first kappa shape index (κ1) is 14.3. The Labute approximate surface area is 118 Å². The highest BCUT2D eigenvalue weighted by atomic mass is 16.6. The van der Waals surface area contributed by atoms with Crippen LogP contribution in [0.2, 0.25) is 0 Å². The number of carboxylic acids is 1. The van der Waals surface area contributed by atoms with E-state index in [0.29, 0.717) is 11.3 Å². The van der Waals surface area contributed by atoms with E-state index in [-0.39, 0.29) is 17.9 Å². The number of nitrogens with zero attached hydrogens (tertiary/aromatic N) is 1. The topological polar surface area (TPSA) is 125 Å². The van der Waals surface area contributed by atoms with Crippen LogP contribution in [0.4, 0.5) is 11.5 Å². The number of aromatic nitrogens is 1. The summed E-state index contributed by atoms with van der Waals surface area (Å²) in [6.45, 7) is 0. The van der Waals surface area contributed by atoms with Crippen LogP contribution in [0.5, 0.6) is 0 Å². The number of carbonyl (C=O) groups excluding carboxylic acids is 1. The van der Waals surface area contributed by atoms with E-state index in [1.807, 2.05) is 0 Å². The summed E-state index contributed by atoms with van der Waals surface area (Å²) in [7, 11) is 0. The van der Waals surface area contributed by atoms with Gasteiger partial charge in [-0.2, -0.15) is 0 Å². The molecule has 0 atom stereocenters. The molecule has 1 aromatic carbocycles. The molecule has 2 rings (SSSR count). The second-order valence-electron chi connectivity index (χ2n) is 4.24. The van der Waals surface area contributed by atoms with Gasteiger partial charge < -0.3 is 20.5 Å². The fourth-order valence-electron chi connectivity index (χ4n) is 1.70. The van der Waals surface area contributed by atoms with E-state index in [9.17, 15) is 19.7 Å². The number of aliphatic carboxylic acids is 1. The first-order chi connectivity index (χ1) is 9.95. The van der Waals surface area contributed by atoms with Crippen LogP contribution in [0.25, 0.3) is 0 Å². The molecule has 0 aliphatic heterocycles. The van der Waals surface area contributed by atoms with E-state index in [4.69, 9.17) is 5.11 Å². The molecule has 8 nitrogen and oxygen atoms in total. The van der Waals surface area contributed by atoms with Crippen molar-refractivity contribution in [2.45, 2.75) is 6.42 Å². The molecule has 0 radical (unpaired) electrons. The van der Waals surface area contributed by atoms with Crippen LogP contribution >= 0.6 is 0 Å². The van der Waals surface area contributed by atoms with Gasteiger partial charge in [0.1, 0.15) is 0 Å². The van der Waals surface area contributed by atoms with Gasteiger partial charge in [-0.15, -0.1) is 0 Å². The molecule has 0 saturated carbocycles. The minimum Gasteiger partial charge on any atom is -0.481 e. The zero-order valence-corrected chi connectivity index (χ0v) is 10.7. The molecule has 0 saturated heterocycles. The minimum atomic E-state index is -0.939. The highest BCUT2D eigenvalue weighted by Gasteiger charge is 2.15. The highest BCUT2D eigenvalue weighted by Crippen LogP contribution is 2.14. The zero-order valence-electron chi connectivity index (χ0n) is 10.7. The second kappa shape index (κ2) is 5.87. The monoisotopic (exact) mass is 289 g/mol. The van der Waals surface area contributed by atoms with Crippen LogP contribution in [-0.4, -0.2) is 26.9 Å². The number of carbonyl (C=O) groups is 2. The Bertz CT molecular complexity index is 690. The number of benzene rings is 1. The normalized spacial score (nSPS) is 10.1. The van der Waals surface area contributed by atoms with Crippen molar-refractivity contribution < 1.29 is 19.6 Å². The number of hydrogen-bond donors (Lipinski definition) is 3. The average Bonchev–Trinajstić information content (AvgIpc) is 2.90. The Kier molecular flexibility index (Phi) is 3.98. The predicted octanol–water partition coefficient (Wildman–Crippen LogP) is 1.80. The van der Waals surface area contributed by atoms with Crippen molar-refractivity contribution in [1.29, 1.82) is 0 Å². The summed E-state index contributed by atoms with van der Waals surface area (Å²) >= 11 is 0. The van der Waals surface area contributed by atoms with Crippen molar-refractivity contribution in [2.24, 2.45) is 0 Å². The highest BCUT2D eigenvalue weighted by molar-refractivity contribution is 6.03. The van der Waals surface area contributed by atoms with Crippen molar-refractivity contribution >= 4 is 23.4 Å². The number of amides is 1. The van der Waals surface area contributed by atoms with Gasteiger partial charge >= 0.3 is 11.8 Å². The summed E-state index contributed by atoms with van der Waals surface area (Å²) in [4.78, 5) is 34.7. The van der Waals surface area contributed by atoms with Crippen LogP contribution in [0, 0.1) is 10.1 Å². The molecule has 0 fully saturated rings. The van der Waals surface area contributed by atoms with Crippen LogP contribution in [0.1, 0.15) is 16.1 Å². The van der Waals surface area contributed by atoms with Gasteiger partial charge in [0.15, 0.2) is 5.69 Å². The molecule has 1 heterocycles. The number of nitrogens with one attached hydrogen (secondary N) is 2. The summed E-state index contributed by atoms with van der Waals surface area (Å²) in [5.41, 5.74) is 1.14. The first-order valence-corrected chi connectivity index (χ1v) is 5.91. The van der Waals surface area contributed by atoms with Crippen LogP contribution in [0.3, 0.4) is 0 Å². The van der Waals surface area contributed by atoms with Crippen molar-refractivity contribution in [3.05, 3.63) is 57.8 Å². The lowest BCUT2D eigenvalue weighted by Gasteiger charge is -2.03. The average molecular weight is 289 g/mol. The van der Waals surface area contributed by atoms with Gasteiger partial charge in [-0.1, -0.05) is 12.1 Å². The lowest BCUT2D eigenvalue weighted by Crippen LogP contribution is -2.12. The molecule has 1 aromatic heterocycles. The number of anilines is 1. The van der Waals surface area contributed by atoms with E-state index in [2.05, 4.69) is 10.3 Å². The Morgan fingerprint density at radius 1 is 1.19 bits per heavy atom. The van der Waals surface area contributed by atoms with E-state index < -0.39 is 16.8 Å². The van der Waals surface area contributed by atoms with E-state index in [1.54, 1.807) is 24.3 Å². The van der Waals surface area contributed by atoms with Crippen LogP contribution in [-0.2, 0) is 11.2 Å². The molecule has 0 spiro atoms. The van der Waals surface area contributed by atoms with Crippen molar-refractivity contribution in [1.82, 2.24) is 4.98 Å². The van der Waals surface area contributed by atoms with Crippen molar-refractivity contribution in [3.8, 4) is 0 Å². The fraction of sp³-hybridized carbons (Fsp3) is 0.0769. The maximum atomic E-state index is 11.9. The lowest BCUT2D eigenvalue weighted by molar-refractivity contribution is -0.389. The Morgan fingerprint density at radius 3 is 2.38 bits per heavy atom. The maximum Gasteiger partial charge on any atom is 0.321 e. The third-order valence-electron chi connectivity index (χ3n) is 2.68. The molecule has 0 unspecified atom stereocenters. The SMILES string of the molecule is O=C(O)Cc1ccc(NC(=O)c2ccc([N+](=O)[O-])[nH]2)cc1. The second-order valence-corrected chi connectivity index (χ2v) is 4.24. The Hall–Kier alpha value is -3.16. The molecule has 3 N–H and O–H groups in total.